The van der Waals surface area contributed by atoms with Crippen LogP contribution in [0.2, 0.25) is 15.1 Å². The first-order valence-corrected chi connectivity index (χ1v) is 11.2. The maximum atomic E-state index is 12.5. The molecular weight excluding hydrogens is 447 g/mol. The van der Waals surface area contributed by atoms with Gasteiger partial charge in [-0.25, -0.2) is 8.42 Å². The summed E-state index contributed by atoms with van der Waals surface area (Å²) in [4.78, 5) is 12.5. The van der Waals surface area contributed by atoms with E-state index in [9.17, 15) is 13.2 Å². The second kappa shape index (κ2) is 9.69. The van der Waals surface area contributed by atoms with E-state index in [1.807, 2.05) is 0 Å². The molecule has 152 valence electrons. The molecule has 10 heteroatoms. The molecule has 0 saturated heterocycles. The lowest BCUT2D eigenvalue weighted by molar-refractivity contribution is -0.121. The third-order valence-electron chi connectivity index (χ3n) is 3.73. The van der Waals surface area contributed by atoms with E-state index in [4.69, 9.17) is 39.5 Å². The Hall–Kier alpha value is -1.67. The van der Waals surface area contributed by atoms with Crippen molar-refractivity contribution in [3.05, 3.63) is 57.5 Å². The third kappa shape index (κ3) is 5.91. The summed E-state index contributed by atoms with van der Waals surface area (Å²) in [6.07, 6.45) is 0.995. The Labute approximate surface area is 179 Å². The molecular formula is C18H19Cl3N2O4S. The standard InChI is InChI=1S/C18H19Cl3N2O4S/c1-12(18(24)22-9-10-27-17-6-4-3-5-15(17)21)23(28(2,25)26)16-11-13(19)7-8-14(16)20/h3-8,11-12H,9-10H2,1-2H3,(H,22,24)/t12-/m1/s1. The highest BCUT2D eigenvalue weighted by molar-refractivity contribution is 7.92. The summed E-state index contributed by atoms with van der Waals surface area (Å²) in [5.41, 5.74) is 0.131. The number of para-hydroxylation sites is 1. The first-order chi connectivity index (χ1) is 13.1. The maximum Gasteiger partial charge on any atom is 0.243 e. The first-order valence-electron chi connectivity index (χ1n) is 8.20. The molecule has 2 rings (SSSR count). The molecule has 28 heavy (non-hydrogen) atoms. The molecule has 1 atom stereocenters. The van der Waals surface area contributed by atoms with Crippen molar-refractivity contribution in [1.82, 2.24) is 5.32 Å². The fraction of sp³-hybridized carbons (Fsp3) is 0.278. The number of carbonyl (C=O) groups excluding carboxylic acids is 1. The van der Waals surface area contributed by atoms with Crippen molar-refractivity contribution in [3.8, 4) is 5.75 Å². The van der Waals surface area contributed by atoms with Crippen LogP contribution in [0.15, 0.2) is 42.5 Å². The number of anilines is 1. The number of benzene rings is 2. The average molecular weight is 466 g/mol. The zero-order chi connectivity index (χ0) is 20.9. The Morgan fingerprint density at radius 2 is 1.82 bits per heavy atom. The van der Waals surface area contributed by atoms with Crippen LogP contribution in [0.4, 0.5) is 5.69 Å². The maximum absolute atomic E-state index is 12.5. The van der Waals surface area contributed by atoms with Gasteiger partial charge in [0.1, 0.15) is 18.4 Å². The van der Waals surface area contributed by atoms with Crippen molar-refractivity contribution in [2.75, 3.05) is 23.7 Å². The fourth-order valence-corrected chi connectivity index (χ4v) is 4.27. The SMILES string of the molecule is C[C@H](C(=O)NCCOc1ccccc1Cl)N(c1cc(Cl)ccc1Cl)S(C)(=O)=O. The molecule has 0 bridgehead atoms. The zero-order valence-electron chi connectivity index (χ0n) is 15.2. The summed E-state index contributed by atoms with van der Waals surface area (Å²) in [6, 6.07) is 10.3. The topological polar surface area (TPSA) is 75.7 Å². The molecule has 0 unspecified atom stereocenters. The van der Waals surface area contributed by atoms with Crippen molar-refractivity contribution in [1.29, 1.82) is 0 Å². The van der Waals surface area contributed by atoms with E-state index in [2.05, 4.69) is 5.32 Å². The van der Waals surface area contributed by atoms with Crippen molar-refractivity contribution in [3.63, 3.8) is 0 Å². The predicted octanol–water partition coefficient (Wildman–Crippen LogP) is 4.00. The lowest BCUT2D eigenvalue weighted by Gasteiger charge is -2.29. The highest BCUT2D eigenvalue weighted by Gasteiger charge is 2.30. The molecule has 0 aliphatic carbocycles. The number of amides is 1. The second-order valence-corrected chi connectivity index (χ2v) is 9.01. The van der Waals surface area contributed by atoms with Crippen molar-refractivity contribution >= 4 is 56.4 Å². The van der Waals surface area contributed by atoms with Gasteiger partial charge in [-0.15, -0.1) is 0 Å². The van der Waals surface area contributed by atoms with Crippen molar-refractivity contribution in [2.45, 2.75) is 13.0 Å². The largest absolute Gasteiger partial charge is 0.490 e. The molecule has 1 amide bonds. The number of hydrogen-bond donors (Lipinski definition) is 1. The van der Waals surface area contributed by atoms with Crippen LogP contribution in [0.5, 0.6) is 5.75 Å². The summed E-state index contributed by atoms with van der Waals surface area (Å²) in [5, 5.41) is 3.56. The smallest absolute Gasteiger partial charge is 0.243 e. The van der Waals surface area contributed by atoms with Crippen LogP contribution in [0.1, 0.15) is 6.92 Å². The molecule has 6 nitrogen and oxygen atoms in total. The quantitative estimate of drug-likeness (QED) is 0.598. The third-order valence-corrected chi connectivity index (χ3v) is 5.82. The zero-order valence-corrected chi connectivity index (χ0v) is 18.2. The van der Waals surface area contributed by atoms with Crippen LogP contribution in [-0.2, 0) is 14.8 Å². The van der Waals surface area contributed by atoms with E-state index in [1.165, 1.54) is 25.1 Å². The van der Waals surface area contributed by atoms with Crippen LogP contribution in [0.3, 0.4) is 0 Å². The molecule has 2 aromatic carbocycles. The minimum absolute atomic E-state index is 0.131. The van der Waals surface area contributed by atoms with Crippen molar-refractivity contribution in [2.24, 2.45) is 0 Å². The number of rotatable bonds is 8. The average Bonchev–Trinajstić information content (AvgIpc) is 2.61. The Bertz CT molecular complexity index is 954. The van der Waals surface area contributed by atoms with Crippen LogP contribution in [-0.4, -0.2) is 39.8 Å². The highest BCUT2D eigenvalue weighted by atomic mass is 35.5. The molecule has 0 spiro atoms. The predicted molar refractivity (Wildman–Crippen MR) is 113 cm³/mol. The Morgan fingerprint density at radius 3 is 2.46 bits per heavy atom. The van der Waals surface area contributed by atoms with Gasteiger partial charge in [0.25, 0.3) is 0 Å². The Kier molecular flexibility index (Phi) is 7.83. The molecule has 0 aliphatic rings. The van der Waals surface area contributed by atoms with E-state index in [0.717, 1.165) is 10.6 Å². The number of sulfonamides is 1. The molecule has 1 N–H and O–H groups in total. The van der Waals surface area contributed by atoms with Gasteiger partial charge >= 0.3 is 0 Å². The van der Waals surface area contributed by atoms with Gasteiger partial charge in [-0.1, -0.05) is 46.9 Å². The van der Waals surface area contributed by atoms with Crippen LogP contribution < -0.4 is 14.4 Å². The van der Waals surface area contributed by atoms with Gasteiger partial charge in [-0.2, -0.15) is 0 Å². The molecule has 0 aliphatic heterocycles. The number of nitrogens with one attached hydrogen (secondary N) is 1. The second-order valence-electron chi connectivity index (χ2n) is 5.90. The van der Waals surface area contributed by atoms with E-state index >= 15 is 0 Å². The van der Waals surface area contributed by atoms with Crippen LogP contribution in [0.25, 0.3) is 0 Å². The van der Waals surface area contributed by atoms with E-state index in [1.54, 1.807) is 24.3 Å². The first kappa shape index (κ1) is 22.6. The minimum Gasteiger partial charge on any atom is -0.490 e. The molecule has 0 saturated carbocycles. The summed E-state index contributed by atoms with van der Waals surface area (Å²) < 4.78 is 31.0. The molecule has 0 heterocycles. The monoisotopic (exact) mass is 464 g/mol. The fourth-order valence-electron chi connectivity index (χ4n) is 2.48. The highest BCUT2D eigenvalue weighted by Crippen LogP contribution is 2.32. The van der Waals surface area contributed by atoms with Gasteiger partial charge in [-0.05, 0) is 37.3 Å². The van der Waals surface area contributed by atoms with Gasteiger partial charge in [0.2, 0.25) is 15.9 Å². The molecule has 0 aromatic heterocycles. The van der Waals surface area contributed by atoms with E-state index in [-0.39, 0.29) is 23.9 Å². The number of nitrogens with zero attached hydrogens (tertiary/aromatic N) is 1. The lowest BCUT2D eigenvalue weighted by Crippen LogP contribution is -2.48. The lowest BCUT2D eigenvalue weighted by atomic mass is 10.2. The number of carbonyl (C=O) groups is 1. The number of hydrogen-bond acceptors (Lipinski definition) is 4. The van der Waals surface area contributed by atoms with Gasteiger partial charge in [-0.3, -0.25) is 9.10 Å². The molecule has 0 radical (unpaired) electrons. The molecule has 2 aromatic rings. The number of ether oxygens (including phenoxy) is 1. The summed E-state index contributed by atoms with van der Waals surface area (Å²) in [6.45, 7) is 1.79. The summed E-state index contributed by atoms with van der Waals surface area (Å²) in [7, 11) is -3.80. The van der Waals surface area contributed by atoms with Gasteiger partial charge in [0, 0.05) is 5.02 Å². The van der Waals surface area contributed by atoms with Crippen LogP contribution in [0, 0.1) is 0 Å². The Morgan fingerprint density at radius 1 is 1.14 bits per heavy atom. The summed E-state index contributed by atoms with van der Waals surface area (Å²) >= 11 is 18.1. The van der Waals surface area contributed by atoms with Crippen molar-refractivity contribution < 1.29 is 17.9 Å². The van der Waals surface area contributed by atoms with Gasteiger partial charge in [0.15, 0.2) is 0 Å². The van der Waals surface area contributed by atoms with Gasteiger partial charge < -0.3 is 10.1 Å². The minimum atomic E-state index is -3.80. The van der Waals surface area contributed by atoms with E-state index < -0.39 is 22.0 Å². The van der Waals surface area contributed by atoms with Gasteiger partial charge in [0.05, 0.1) is 28.5 Å². The summed E-state index contributed by atoms with van der Waals surface area (Å²) in [5.74, 6) is -0.0147. The Balaban J connectivity index is 2.06. The normalized spacial score (nSPS) is 12.3. The number of halogens is 3. The van der Waals surface area contributed by atoms with Crippen LogP contribution >= 0.6 is 34.8 Å². The van der Waals surface area contributed by atoms with E-state index in [0.29, 0.717) is 15.8 Å². The molecule has 0 fully saturated rings.